The van der Waals surface area contributed by atoms with Gasteiger partial charge in [0.15, 0.2) is 0 Å². The number of aromatic nitrogens is 1. The lowest BCUT2D eigenvalue weighted by Crippen LogP contribution is -2.24. The van der Waals surface area contributed by atoms with E-state index in [1.165, 1.54) is 12.1 Å². The molecule has 5 heteroatoms. The number of rotatable bonds is 6. The molecule has 0 aliphatic rings. The van der Waals surface area contributed by atoms with Crippen LogP contribution >= 0.6 is 11.3 Å². The summed E-state index contributed by atoms with van der Waals surface area (Å²) in [7, 11) is 0. The molecule has 0 aliphatic heterocycles. The van der Waals surface area contributed by atoms with Crippen LogP contribution in [-0.2, 0) is 6.42 Å². The zero-order valence-electron chi connectivity index (χ0n) is 11.6. The summed E-state index contributed by atoms with van der Waals surface area (Å²) in [5.74, 6) is -0.785. The number of benzene rings is 1. The van der Waals surface area contributed by atoms with Gasteiger partial charge in [-0.15, -0.1) is 11.3 Å². The van der Waals surface area contributed by atoms with E-state index in [9.17, 15) is 8.78 Å². The van der Waals surface area contributed by atoms with Gasteiger partial charge >= 0.3 is 0 Å². The van der Waals surface area contributed by atoms with Crippen LogP contribution in [0.4, 0.5) is 8.78 Å². The first-order valence-corrected chi connectivity index (χ1v) is 7.57. The third-order valence-corrected chi connectivity index (χ3v) is 3.86. The summed E-state index contributed by atoms with van der Waals surface area (Å²) in [6, 6.07) is 3.49. The van der Waals surface area contributed by atoms with Crippen molar-refractivity contribution in [3.63, 3.8) is 0 Å². The highest BCUT2D eigenvalue weighted by Gasteiger charge is 2.17. The summed E-state index contributed by atoms with van der Waals surface area (Å²) in [4.78, 5) is 4.45. The fourth-order valence-corrected chi connectivity index (χ4v) is 2.73. The van der Waals surface area contributed by atoms with Crippen LogP contribution in [0.25, 0.3) is 0 Å². The van der Waals surface area contributed by atoms with E-state index >= 15 is 0 Å². The van der Waals surface area contributed by atoms with Crippen LogP contribution in [0.5, 0.6) is 0 Å². The van der Waals surface area contributed by atoms with E-state index in [0.717, 1.165) is 29.7 Å². The highest BCUT2D eigenvalue weighted by Crippen LogP contribution is 2.22. The molecule has 0 amide bonds. The Balaban J connectivity index is 2.21. The van der Waals surface area contributed by atoms with Gasteiger partial charge in [-0.05, 0) is 50.1 Å². The van der Waals surface area contributed by atoms with Crippen LogP contribution in [0.3, 0.4) is 0 Å². The van der Waals surface area contributed by atoms with Crippen LogP contribution < -0.4 is 5.32 Å². The Morgan fingerprint density at radius 2 is 2.15 bits per heavy atom. The average molecular weight is 296 g/mol. The van der Waals surface area contributed by atoms with E-state index < -0.39 is 5.82 Å². The van der Waals surface area contributed by atoms with Crippen LogP contribution in [0.1, 0.15) is 35.7 Å². The molecule has 0 spiro atoms. The summed E-state index contributed by atoms with van der Waals surface area (Å²) in [5, 5.41) is 6.30. The molecule has 0 saturated heterocycles. The van der Waals surface area contributed by atoms with Gasteiger partial charge in [-0.2, -0.15) is 0 Å². The molecule has 0 aliphatic carbocycles. The predicted octanol–water partition coefficient (Wildman–Crippen LogP) is 4.01. The van der Waals surface area contributed by atoms with Crippen molar-refractivity contribution in [2.24, 2.45) is 0 Å². The monoisotopic (exact) mass is 296 g/mol. The van der Waals surface area contributed by atoms with Crippen LogP contribution in [0, 0.1) is 18.6 Å². The molecule has 0 bridgehead atoms. The summed E-state index contributed by atoms with van der Waals surface area (Å²) in [5.41, 5.74) is 1.27. The van der Waals surface area contributed by atoms with Crippen molar-refractivity contribution in [2.45, 2.75) is 32.7 Å². The van der Waals surface area contributed by atoms with Crippen molar-refractivity contribution in [2.75, 3.05) is 6.54 Å². The van der Waals surface area contributed by atoms with Crippen LogP contribution in [-0.4, -0.2) is 11.5 Å². The molecule has 2 aromatic rings. The standard InChI is InChI=1S/C15H18F2N2S/c1-3-6-18-14(15-9-20-10(2)19-15)8-11-7-12(16)4-5-13(11)17/h4-5,7,9,14,18H,3,6,8H2,1-2H3. The second-order valence-electron chi connectivity index (χ2n) is 4.74. The molecule has 2 rings (SSSR count). The third kappa shape index (κ3) is 3.84. The fraction of sp³-hybridized carbons (Fsp3) is 0.400. The van der Waals surface area contributed by atoms with Crippen molar-refractivity contribution in [3.8, 4) is 0 Å². The molecule has 1 N–H and O–H groups in total. The Kier molecular flexibility index (Phi) is 5.20. The first-order valence-electron chi connectivity index (χ1n) is 6.69. The van der Waals surface area contributed by atoms with E-state index in [-0.39, 0.29) is 11.9 Å². The lowest BCUT2D eigenvalue weighted by Gasteiger charge is -2.17. The molecule has 1 atom stereocenters. The minimum absolute atomic E-state index is 0.0869. The number of thiazole rings is 1. The zero-order chi connectivity index (χ0) is 14.5. The third-order valence-electron chi connectivity index (χ3n) is 3.07. The maximum atomic E-state index is 13.8. The number of aryl methyl sites for hydroxylation is 1. The van der Waals surface area contributed by atoms with E-state index in [2.05, 4.69) is 17.2 Å². The summed E-state index contributed by atoms with van der Waals surface area (Å²) >= 11 is 1.57. The van der Waals surface area contributed by atoms with Gasteiger partial charge < -0.3 is 5.32 Å². The number of halogens is 2. The molecule has 1 heterocycles. The normalized spacial score (nSPS) is 12.6. The largest absolute Gasteiger partial charge is 0.308 e. The highest BCUT2D eigenvalue weighted by molar-refractivity contribution is 7.09. The first kappa shape index (κ1) is 15.1. The Bertz CT molecular complexity index is 569. The van der Waals surface area contributed by atoms with Crippen molar-refractivity contribution < 1.29 is 8.78 Å². The van der Waals surface area contributed by atoms with E-state index in [1.54, 1.807) is 11.3 Å². The number of nitrogens with one attached hydrogen (secondary N) is 1. The Morgan fingerprint density at radius 1 is 1.35 bits per heavy atom. The SMILES string of the molecule is CCCNC(Cc1cc(F)ccc1F)c1csc(C)n1. The molecule has 0 fully saturated rings. The minimum Gasteiger partial charge on any atom is -0.308 e. The quantitative estimate of drug-likeness (QED) is 0.871. The Hall–Kier alpha value is -1.33. The van der Waals surface area contributed by atoms with E-state index in [4.69, 9.17) is 0 Å². The number of nitrogens with zero attached hydrogens (tertiary/aromatic N) is 1. The summed E-state index contributed by atoms with van der Waals surface area (Å²) in [6.07, 6.45) is 1.37. The van der Waals surface area contributed by atoms with Gasteiger partial charge in [-0.25, -0.2) is 13.8 Å². The van der Waals surface area contributed by atoms with Gasteiger partial charge in [0.05, 0.1) is 16.7 Å². The van der Waals surface area contributed by atoms with Gasteiger partial charge in [0.25, 0.3) is 0 Å². The average Bonchev–Trinajstić information content (AvgIpc) is 2.85. The van der Waals surface area contributed by atoms with E-state index in [0.29, 0.717) is 12.0 Å². The van der Waals surface area contributed by atoms with Crippen molar-refractivity contribution in [1.29, 1.82) is 0 Å². The van der Waals surface area contributed by atoms with Gasteiger partial charge in [-0.1, -0.05) is 6.92 Å². The molecule has 20 heavy (non-hydrogen) atoms. The maximum absolute atomic E-state index is 13.8. The van der Waals surface area contributed by atoms with Gasteiger partial charge in [-0.3, -0.25) is 0 Å². The predicted molar refractivity (Wildman–Crippen MR) is 77.9 cm³/mol. The molecule has 2 nitrogen and oxygen atoms in total. The lowest BCUT2D eigenvalue weighted by molar-refractivity contribution is 0.501. The van der Waals surface area contributed by atoms with Crippen molar-refractivity contribution >= 4 is 11.3 Å². The highest BCUT2D eigenvalue weighted by atomic mass is 32.1. The maximum Gasteiger partial charge on any atom is 0.126 e. The Morgan fingerprint density at radius 3 is 2.80 bits per heavy atom. The summed E-state index contributed by atoms with van der Waals surface area (Å²) in [6.45, 7) is 4.82. The molecular weight excluding hydrogens is 278 g/mol. The number of hydrogen-bond donors (Lipinski definition) is 1. The fourth-order valence-electron chi connectivity index (χ4n) is 2.06. The van der Waals surface area contributed by atoms with Crippen molar-refractivity contribution in [1.82, 2.24) is 10.3 Å². The minimum atomic E-state index is -0.412. The van der Waals surface area contributed by atoms with Gasteiger partial charge in [0, 0.05) is 5.38 Å². The van der Waals surface area contributed by atoms with Gasteiger partial charge in [0.1, 0.15) is 11.6 Å². The van der Waals surface area contributed by atoms with Crippen LogP contribution in [0.15, 0.2) is 23.6 Å². The molecule has 108 valence electrons. The second-order valence-corrected chi connectivity index (χ2v) is 5.80. The molecule has 1 aromatic heterocycles. The molecule has 1 aromatic carbocycles. The molecule has 1 unspecified atom stereocenters. The topological polar surface area (TPSA) is 24.9 Å². The first-order chi connectivity index (χ1) is 9.60. The molecular formula is C15H18F2N2S. The Labute approximate surface area is 121 Å². The smallest absolute Gasteiger partial charge is 0.126 e. The molecule has 0 radical (unpaired) electrons. The molecule has 0 saturated carbocycles. The second kappa shape index (κ2) is 6.90. The summed E-state index contributed by atoms with van der Waals surface area (Å²) < 4.78 is 27.0. The van der Waals surface area contributed by atoms with E-state index in [1.807, 2.05) is 12.3 Å². The van der Waals surface area contributed by atoms with Crippen molar-refractivity contribution in [3.05, 3.63) is 51.5 Å². The number of hydrogen-bond acceptors (Lipinski definition) is 3. The van der Waals surface area contributed by atoms with Gasteiger partial charge in [0.2, 0.25) is 0 Å². The lowest BCUT2D eigenvalue weighted by atomic mass is 10.0. The van der Waals surface area contributed by atoms with Crippen LogP contribution in [0.2, 0.25) is 0 Å². The zero-order valence-corrected chi connectivity index (χ0v) is 12.4.